The Balaban J connectivity index is 1.64. The molecule has 1 aromatic heterocycles. The van der Waals surface area contributed by atoms with Crippen molar-refractivity contribution in [1.82, 2.24) is 4.98 Å². The maximum absolute atomic E-state index is 12.1. The maximum Gasteiger partial charge on any atom is 0.264 e. The van der Waals surface area contributed by atoms with E-state index in [1.807, 2.05) is 37.3 Å². The number of aromatic nitrogens is 1. The van der Waals surface area contributed by atoms with Crippen LogP contribution in [-0.2, 0) is 4.79 Å². The van der Waals surface area contributed by atoms with Crippen LogP contribution in [0.4, 0.5) is 5.13 Å². The van der Waals surface area contributed by atoms with Crippen LogP contribution < -0.4 is 10.1 Å². The highest BCUT2D eigenvalue weighted by Crippen LogP contribution is 2.29. The van der Waals surface area contributed by atoms with Crippen molar-refractivity contribution >= 4 is 32.6 Å². The summed E-state index contributed by atoms with van der Waals surface area (Å²) in [6.45, 7) is 6.36. The lowest BCUT2D eigenvalue weighted by atomic mass is 9.99. The number of amides is 1. The van der Waals surface area contributed by atoms with Gasteiger partial charge in [0.15, 0.2) is 11.7 Å². The zero-order valence-electron chi connectivity index (χ0n) is 14.7. The number of carbonyl (C=O) groups excluding carboxylic acids is 1. The van der Waals surface area contributed by atoms with Gasteiger partial charge < -0.3 is 4.74 Å². The first-order valence-corrected chi connectivity index (χ1v) is 9.26. The minimum absolute atomic E-state index is 0.0303. The predicted octanol–water partition coefficient (Wildman–Crippen LogP) is 5.14. The number of thiazole rings is 1. The number of fused-ring (bicyclic) bond motifs is 1. The van der Waals surface area contributed by atoms with Gasteiger partial charge in [0, 0.05) is 0 Å². The Labute approximate surface area is 151 Å². The van der Waals surface area contributed by atoms with Gasteiger partial charge in [-0.05, 0) is 54.7 Å². The highest BCUT2D eigenvalue weighted by Gasteiger charge is 2.11. The topological polar surface area (TPSA) is 51.2 Å². The first-order chi connectivity index (χ1) is 12.0. The van der Waals surface area contributed by atoms with Crippen LogP contribution in [0.5, 0.6) is 5.75 Å². The lowest BCUT2D eigenvalue weighted by molar-refractivity contribution is -0.118. The van der Waals surface area contributed by atoms with E-state index < -0.39 is 0 Å². The van der Waals surface area contributed by atoms with Crippen LogP contribution in [0.2, 0.25) is 0 Å². The molecular formula is C20H22N2O2S. The molecule has 0 saturated heterocycles. The Hall–Kier alpha value is -2.40. The highest BCUT2D eigenvalue weighted by atomic mass is 32.1. The quantitative estimate of drug-likeness (QED) is 0.667. The van der Waals surface area contributed by atoms with Gasteiger partial charge in [0.25, 0.3) is 5.91 Å². The molecule has 3 rings (SSSR count). The number of nitrogens with zero attached hydrogens (tertiary/aromatic N) is 1. The van der Waals surface area contributed by atoms with E-state index in [0.29, 0.717) is 16.8 Å². The molecule has 1 unspecified atom stereocenters. The molecule has 1 atom stereocenters. The Morgan fingerprint density at radius 2 is 2.12 bits per heavy atom. The van der Waals surface area contributed by atoms with Gasteiger partial charge in [-0.2, -0.15) is 0 Å². The smallest absolute Gasteiger partial charge is 0.264 e. The molecule has 130 valence electrons. The first-order valence-electron chi connectivity index (χ1n) is 8.45. The summed E-state index contributed by atoms with van der Waals surface area (Å²) >= 11 is 1.49. The lowest BCUT2D eigenvalue weighted by Crippen LogP contribution is -2.20. The molecule has 0 saturated carbocycles. The molecule has 2 aromatic carbocycles. The third kappa shape index (κ3) is 4.37. The fourth-order valence-corrected chi connectivity index (χ4v) is 3.48. The molecule has 25 heavy (non-hydrogen) atoms. The van der Waals surface area contributed by atoms with E-state index in [-0.39, 0.29) is 12.5 Å². The normalized spacial score (nSPS) is 12.1. The molecule has 1 amide bonds. The van der Waals surface area contributed by atoms with Gasteiger partial charge in [0.05, 0.1) is 10.2 Å². The third-order valence-electron chi connectivity index (χ3n) is 4.20. The number of benzene rings is 2. The van der Waals surface area contributed by atoms with Gasteiger partial charge in [-0.25, -0.2) is 4.98 Å². The largest absolute Gasteiger partial charge is 0.484 e. The van der Waals surface area contributed by atoms with E-state index in [0.717, 1.165) is 22.2 Å². The molecule has 1 heterocycles. The fraction of sp³-hybridized carbons (Fsp3) is 0.300. The number of hydrogen-bond donors (Lipinski definition) is 1. The molecule has 4 nitrogen and oxygen atoms in total. The van der Waals surface area contributed by atoms with Crippen molar-refractivity contribution in [2.24, 2.45) is 0 Å². The van der Waals surface area contributed by atoms with Crippen molar-refractivity contribution in [2.45, 2.75) is 33.1 Å². The van der Waals surface area contributed by atoms with Crippen molar-refractivity contribution in [2.75, 3.05) is 11.9 Å². The number of carbonyl (C=O) groups is 1. The van der Waals surface area contributed by atoms with Crippen LogP contribution in [-0.4, -0.2) is 17.5 Å². The summed E-state index contributed by atoms with van der Waals surface area (Å²) in [5.41, 5.74) is 3.31. The molecule has 0 radical (unpaired) electrons. The Morgan fingerprint density at radius 3 is 2.88 bits per heavy atom. The van der Waals surface area contributed by atoms with Crippen LogP contribution in [0.25, 0.3) is 10.2 Å². The summed E-state index contributed by atoms with van der Waals surface area (Å²) < 4.78 is 6.62. The second-order valence-corrected chi connectivity index (χ2v) is 7.24. The van der Waals surface area contributed by atoms with Crippen molar-refractivity contribution in [3.8, 4) is 5.75 Å². The zero-order chi connectivity index (χ0) is 17.8. The second-order valence-electron chi connectivity index (χ2n) is 6.21. The summed E-state index contributed by atoms with van der Waals surface area (Å²) in [5, 5.41) is 3.43. The van der Waals surface area contributed by atoms with E-state index >= 15 is 0 Å². The van der Waals surface area contributed by atoms with E-state index in [2.05, 4.69) is 36.3 Å². The zero-order valence-corrected chi connectivity index (χ0v) is 15.5. The molecule has 0 bridgehead atoms. The molecule has 3 aromatic rings. The number of anilines is 1. The highest BCUT2D eigenvalue weighted by molar-refractivity contribution is 7.22. The number of ether oxygens (including phenoxy) is 1. The van der Waals surface area contributed by atoms with Crippen molar-refractivity contribution in [3.63, 3.8) is 0 Å². The summed E-state index contributed by atoms with van der Waals surface area (Å²) in [6, 6.07) is 13.9. The van der Waals surface area contributed by atoms with Gasteiger partial charge in [-0.1, -0.05) is 43.4 Å². The maximum atomic E-state index is 12.1. The minimum Gasteiger partial charge on any atom is -0.484 e. The van der Waals surface area contributed by atoms with Gasteiger partial charge in [0.2, 0.25) is 0 Å². The van der Waals surface area contributed by atoms with Crippen molar-refractivity contribution in [1.29, 1.82) is 0 Å². The third-order valence-corrected chi connectivity index (χ3v) is 5.13. The molecule has 1 N–H and O–H groups in total. The average Bonchev–Trinajstić information content (AvgIpc) is 3.00. The molecule has 0 aliphatic heterocycles. The number of aryl methyl sites for hydroxylation is 1. The Kier molecular flexibility index (Phi) is 5.34. The number of nitrogens with one attached hydrogen (secondary N) is 1. The molecule has 5 heteroatoms. The summed E-state index contributed by atoms with van der Waals surface area (Å²) in [5.74, 6) is 1.01. The van der Waals surface area contributed by atoms with E-state index in [4.69, 9.17) is 4.74 Å². The molecular weight excluding hydrogens is 332 g/mol. The van der Waals surface area contributed by atoms with Crippen LogP contribution in [0.1, 0.15) is 37.3 Å². The predicted molar refractivity (Wildman–Crippen MR) is 104 cm³/mol. The summed E-state index contributed by atoms with van der Waals surface area (Å²) in [4.78, 5) is 16.6. The number of hydrogen-bond acceptors (Lipinski definition) is 4. The van der Waals surface area contributed by atoms with Gasteiger partial charge in [-0.3, -0.25) is 10.1 Å². The van der Waals surface area contributed by atoms with Crippen molar-refractivity contribution in [3.05, 3.63) is 53.6 Å². The van der Waals surface area contributed by atoms with Crippen LogP contribution in [0.15, 0.2) is 42.5 Å². The van der Waals surface area contributed by atoms with E-state index in [9.17, 15) is 4.79 Å². The van der Waals surface area contributed by atoms with Crippen LogP contribution >= 0.6 is 11.3 Å². The lowest BCUT2D eigenvalue weighted by Gasteiger charge is -2.07. The number of rotatable bonds is 6. The van der Waals surface area contributed by atoms with Gasteiger partial charge in [-0.15, -0.1) is 0 Å². The first kappa shape index (κ1) is 17.4. The Bertz CT molecular complexity index is 888. The summed E-state index contributed by atoms with van der Waals surface area (Å²) in [6.07, 6.45) is 1.10. The average molecular weight is 354 g/mol. The molecule has 0 spiro atoms. The minimum atomic E-state index is -0.206. The SMILES string of the molecule is CCC(C)c1ccc2nc(NC(=O)COc3cccc(C)c3)sc2c1. The molecule has 0 fully saturated rings. The fourth-order valence-electron chi connectivity index (χ4n) is 2.55. The van der Waals surface area contributed by atoms with Crippen LogP contribution in [0, 0.1) is 6.92 Å². The monoisotopic (exact) mass is 354 g/mol. The van der Waals surface area contributed by atoms with E-state index in [1.165, 1.54) is 16.9 Å². The Morgan fingerprint density at radius 1 is 1.28 bits per heavy atom. The second kappa shape index (κ2) is 7.66. The summed E-state index contributed by atoms with van der Waals surface area (Å²) in [7, 11) is 0. The molecule has 0 aliphatic rings. The van der Waals surface area contributed by atoms with Gasteiger partial charge in [0.1, 0.15) is 5.75 Å². The van der Waals surface area contributed by atoms with Crippen LogP contribution in [0.3, 0.4) is 0 Å². The van der Waals surface area contributed by atoms with Gasteiger partial charge >= 0.3 is 0 Å². The molecule has 0 aliphatic carbocycles. The van der Waals surface area contributed by atoms with Crippen molar-refractivity contribution < 1.29 is 9.53 Å². The standard InChI is InChI=1S/C20H22N2O2S/c1-4-14(3)15-8-9-17-18(11-15)25-20(21-17)22-19(23)12-24-16-7-5-6-13(2)10-16/h5-11,14H,4,12H2,1-3H3,(H,21,22,23). The van der Waals surface area contributed by atoms with E-state index in [1.54, 1.807) is 0 Å².